The highest BCUT2D eigenvalue weighted by Gasteiger charge is 2.30. The highest BCUT2D eigenvalue weighted by atomic mass is 35.5. The minimum Gasteiger partial charge on any atom is -0.467 e. The Morgan fingerprint density at radius 3 is 2.64 bits per heavy atom. The fourth-order valence-electron chi connectivity index (χ4n) is 2.81. The highest BCUT2D eigenvalue weighted by molar-refractivity contribution is 6.32. The van der Waals surface area contributed by atoms with Crippen LogP contribution in [0.1, 0.15) is 26.3 Å². The number of carbonyl (C=O) groups is 2. The lowest BCUT2D eigenvalue weighted by Crippen LogP contribution is -2.29. The molecule has 28 heavy (non-hydrogen) atoms. The van der Waals surface area contributed by atoms with Gasteiger partial charge in [-0.2, -0.15) is 13.2 Å². The molecule has 0 N–H and O–H groups in total. The number of hydrogen-bond acceptors (Lipinski definition) is 5. The van der Waals surface area contributed by atoms with Crippen molar-refractivity contribution in [1.82, 2.24) is 4.98 Å². The zero-order valence-corrected chi connectivity index (χ0v) is 15.3. The molecule has 148 valence electrons. The van der Waals surface area contributed by atoms with Gasteiger partial charge in [-0.25, -0.2) is 9.78 Å². The second-order valence-electron chi connectivity index (χ2n) is 5.96. The number of rotatable bonds is 4. The Kier molecular flexibility index (Phi) is 5.46. The summed E-state index contributed by atoms with van der Waals surface area (Å²) in [6, 6.07) is 6.06. The topological polar surface area (TPSA) is 68.7 Å². The maximum Gasteiger partial charge on any atom is 0.422 e. The summed E-state index contributed by atoms with van der Waals surface area (Å²) in [5.41, 5.74) is 1.92. The average Bonchev–Trinajstić information content (AvgIpc) is 3.08. The van der Waals surface area contributed by atoms with Crippen LogP contribution in [0, 0.1) is 0 Å². The summed E-state index contributed by atoms with van der Waals surface area (Å²) in [6.07, 6.45) is -2.87. The van der Waals surface area contributed by atoms with Gasteiger partial charge in [0, 0.05) is 18.4 Å². The van der Waals surface area contributed by atoms with Crippen LogP contribution in [0.25, 0.3) is 0 Å². The van der Waals surface area contributed by atoms with Crippen LogP contribution in [-0.2, 0) is 11.2 Å². The predicted octanol–water partition coefficient (Wildman–Crippen LogP) is 3.67. The van der Waals surface area contributed by atoms with Crippen LogP contribution >= 0.6 is 11.6 Å². The van der Waals surface area contributed by atoms with Crippen molar-refractivity contribution < 1.29 is 32.2 Å². The monoisotopic (exact) mass is 414 g/mol. The molecule has 0 saturated carbocycles. The van der Waals surface area contributed by atoms with Crippen molar-refractivity contribution >= 4 is 29.2 Å². The van der Waals surface area contributed by atoms with Gasteiger partial charge in [-0.3, -0.25) is 4.79 Å². The maximum atomic E-state index is 12.8. The number of esters is 1. The summed E-state index contributed by atoms with van der Waals surface area (Å²) in [6.45, 7) is -1.15. The first kappa shape index (κ1) is 19.9. The number of pyridine rings is 1. The Bertz CT molecular complexity index is 934. The van der Waals surface area contributed by atoms with Crippen LogP contribution in [0.5, 0.6) is 5.88 Å². The Hall–Kier alpha value is -2.81. The van der Waals surface area contributed by atoms with Crippen molar-refractivity contribution in [2.24, 2.45) is 0 Å². The summed E-state index contributed by atoms with van der Waals surface area (Å²) < 4.78 is 45.9. The van der Waals surface area contributed by atoms with Gasteiger partial charge >= 0.3 is 12.1 Å². The highest BCUT2D eigenvalue weighted by Crippen LogP contribution is 2.32. The van der Waals surface area contributed by atoms with E-state index in [1.54, 1.807) is 18.2 Å². The molecule has 1 aliphatic rings. The van der Waals surface area contributed by atoms with E-state index >= 15 is 0 Å². The Balaban J connectivity index is 1.79. The van der Waals surface area contributed by atoms with E-state index in [-0.39, 0.29) is 10.6 Å². The van der Waals surface area contributed by atoms with Crippen LogP contribution in [0.2, 0.25) is 5.02 Å². The summed E-state index contributed by atoms with van der Waals surface area (Å²) >= 11 is 5.90. The first-order valence-corrected chi connectivity index (χ1v) is 8.45. The molecule has 1 aromatic heterocycles. The molecular formula is C18H14ClF3N2O4. The zero-order valence-electron chi connectivity index (χ0n) is 14.5. The largest absolute Gasteiger partial charge is 0.467 e. The number of amides is 1. The fraction of sp³-hybridized carbons (Fsp3) is 0.278. The minimum absolute atomic E-state index is 0.106. The number of hydrogen-bond donors (Lipinski definition) is 0. The molecule has 10 heteroatoms. The van der Waals surface area contributed by atoms with Crippen molar-refractivity contribution in [2.75, 3.05) is 25.2 Å². The van der Waals surface area contributed by atoms with Crippen LogP contribution in [0.15, 0.2) is 30.5 Å². The number of anilines is 1. The number of methoxy groups -OCH3 is 1. The Labute approximate surface area is 162 Å². The smallest absolute Gasteiger partial charge is 0.422 e. The molecule has 0 fully saturated rings. The third-order valence-electron chi connectivity index (χ3n) is 4.07. The molecule has 3 rings (SSSR count). The van der Waals surface area contributed by atoms with Gasteiger partial charge in [-0.05, 0) is 36.2 Å². The lowest BCUT2D eigenvalue weighted by Gasteiger charge is -2.18. The number of halogens is 4. The first-order valence-electron chi connectivity index (χ1n) is 8.08. The third kappa shape index (κ3) is 4.19. The van der Waals surface area contributed by atoms with Crippen molar-refractivity contribution in [1.29, 1.82) is 0 Å². The molecule has 0 atom stereocenters. The first-order chi connectivity index (χ1) is 13.2. The molecule has 0 saturated heterocycles. The number of aromatic nitrogens is 1. The summed E-state index contributed by atoms with van der Waals surface area (Å²) in [5.74, 6) is -1.29. The Morgan fingerprint density at radius 2 is 2.00 bits per heavy atom. The second kappa shape index (κ2) is 7.67. The van der Waals surface area contributed by atoms with E-state index in [0.717, 1.165) is 11.8 Å². The fourth-order valence-corrected chi connectivity index (χ4v) is 3.03. The third-order valence-corrected chi connectivity index (χ3v) is 4.34. The lowest BCUT2D eigenvalue weighted by molar-refractivity contribution is -0.154. The van der Waals surface area contributed by atoms with E-state index in [4.69, 9.17) is 11.6 Å². The molecule has 2 heterocycles. The molecule has 6 nitrogen and oxygen atoms in total. The summed E-state index contributed by atoms with van der Waals surface area (Å²) in [7, 11) is 1.28. The van der Waals surface area contributed by atoms with Crippen LogP contribution in [0.4, 0.5) is 18.9 Å². The van der Waals surface area contributed by atoms with E-state index in [2.05, 4.69) is 14.5 Å². The van der Waals surface area contributed by atoms with Gasteiger partial charge in [-0.1, -0.05) is 11.6 Å². The van der Waals surface area contributed by atoms with Crippen LogP contribution in [0.3, 0.4) is 0 Å². The summed E-state index contributed by atoms with van der Waals surface area (Å²) in [5, 5.41) is -0.199. The van der Waals surface area contributed by atoms with Gasteiger partial charge in [0.2, 0.25) is 5.88 Å². The standard InChI is InChI=1S/C18H14ClF3N2O4/c1-27-17(26)11-2-3-14-10(6-11)4-5-24(14)16(25)12-7-13(19)15(23-8-12)28-9-18(20,21)22/h2-3,6-8H,4-5,9H2,1H3. The van der Waals surface area contributed by atoms with E-state index in [9.17, 15) is 22.8 Å². The van der Waals surface area contributed by atoms with Gasteiger partial charge in [0.25, 0.3) is 5.91 Å². The molecule has 2 aromatic rings. The quantitative estimate of drug-likeness (QED) is 0.714. The van der Waals surface area contributed by atoms with Gasteiger partial charge in [-0.15, -0.1) is 0 Å². The second-order valence-corrected chi connectivity index (χ2v) is 6.36. The Morgan fingerprint density at radius 1 is 1.25 bits per heavy atom. The van der Waals surface area contributed by atoms with Gasteiger partial charge < -0.3 is 14.4 Å². The number of benzene rings is 1. The van der Waals surface area contributed by atoms with Crippen LogP contribution < -0.4 is 9.64 Å². The normalized spacial score (nSPS) is 13.2. The van der Waals surface area contributed by atoms with Crippen LogP contribution in [-0.4, -0.2) is 43.3 Å². The van der Waals surface area contributed by atoms with Crippen molar-refractivity contribution in [3.05, 3.63) is 52.2 Å². The average molecular weight is 415 g/mol. The number of carbonyl (C=O) groups excluding carboxylic acids is 2. The van der Waals surface area contributed by atoms with E-state index in [1.807, 2.05) is 0 Å². The number of fused-ring (bicyclic) bond motifs is 1. The molecule has 0 unspecified atom stereocenters. The molecule has 1 amide bonds. The van der Waals surface area contributed by atoms with Gasteiger partial charge in [0.1, 0.15) is 5.02 Å². The molecular weight excluding hydrogens is 401 g/mol. The molecule has 1 aliphatic heterocycles. The molecule has 0 aliphatic carbocycles. The molecule has 0 spiro atoms. The van der Waals surface area contributed by atoms with Crippen molar-refractivity contribution in [3.63, 3.8) is 0 Å². The number of alkyl halides is 3. The number of ether oxygens (including phenoxy) is 2. The van der Waals surface area contributed by atoms with E-state index in [0.29, 0.717) is 24.2 Å². The minimum atomic E-state index is -4.53. The zero-order chi connectivity index (χ0) is 20.5. The van der Waals surface area contributed by atoms with Crippen molar-refractivity contribution in [3.8, 4) is 5.88 Å². The summed E-state index contributed by atoms with van der Waals surface area (Å²) in [4.78, 5) is 29.6. The molecule has 1 aromatic carbocycles. The van der Waals surface area contributed by atoms with E-state index in [1.165, 1.54) is 18.1 Å². The lowest BCUT2D eigenvalue weighted by atomic mass is 10.1. The van der Waals surface area contributed by atoms with E-state index < -0.39 is 30.5 Å². The van der Waals surface area contributed by atoms with Gasteiger partial charge in [0.15, 0.2) is 6.61 Å². The van der Waals surface area contributed by atoms with Crippen molar-refractivity contribution in [2.45, 2.75) is 12.6 Å². The SMILES string of the molecule is COC(=O)c1ccc2c(c1)CCN2C(=O)c1cnc(OCC(F)(F)F)c(Cl)c1. The molecule has 0 bridgehead atoms. The van der Waals surface area contributed by atoms with Gasteiger partial charge in [0.05, 0.1) is 18.2 Å². The number of nitrogens with zero attached hydrogens (tertiary/aromatic N) is 2. The maximum absolute atomic E-state index is 12.8. The predicted molar refractivity (Wildman–Crippen MR) is 94.0 cm³/mol. The molecule has 0 radical (unpaired) electrons.